The summed E-state index contributed by atoms with van der Waals surface area (Å²) >= 11 is 0. The molecule has 0 aromatic rings. The Kier molecular flexibility index (Phi) is 5.27. The summed E-state index contributed by atoms with van der Waals surface area (Å²) in [6, 6.07) is -1.72. The first-order valence-corrected chi connectivity index (χ1v) is 7.48. The number of rotatable bonds is 6. The minimum Gasteiger partial charge on any atom is -0.480 e. The molecule has 19 heavy (non-hydrogen) atoms. The molecule has 0 aromatic heterocycles. The van der Waals surface area contributed by atoms with E-state index in [0.29, 0.717) is 19.3 Å². The van der Waals surface area contributed by atoms with E-state index in [2.05, 4.69) is 4.72 Å². The van der Waals surface area contributed by atoms with E-state index < -0.39 is 34.2 Å². The lowest BCUT2D eigenvalue weighted by Gasteiger charge is -2.32. The number of aliphatic carboxylic acids is 1. The molecule has 4 N–H and O–H groups in total. The Labute approximate surface area is 112 Å². The first-order chi connectivity index (χ1) is 8.74. The molecule has 2 unspecified atom stereocenters. The predicted octanol–water partition coefficient (Wildman–Crippen LogP) is -0.976. The van der Waals surface area contributed by atoms with Crippen LogP contribution in [0.3, 0.4) is 0 Å². The monoisotopic (exact) mass is 293 g/mol. The van der Waals surface area contributed by atoms with Crippen LogP contribution < -0.4 is 10.5 Å². The van der Waals surface area contributed by atoms with E-state index in [9.17, 15) is 18.0 Å². The van der Waals surface area contributed by atoms with Gasteiger partial charge in [-0.2, -0.15) is 17.4 Å². The number of carboxylic acids is 1. The van der Waals surface area contributed by atoms with E-state index in [4.69, 9.17) is 10.8 Å². The fourth-order valence-corrected chi connectivity index (χ4v) is 3.73. The van der Waals surface area contributed by atoms with Crippen molar-refractivity contribution in [3.8, 4) is 0 Å². The third-order valence-corrected chi connectivity index (χ3v) is 4.66. The Morgan fingerprint density at radius 3 is 2.63 bits per heavy atom. The molecule has 0 aliphatic carbocycles. The lowest BCUT2D eigenvalue weighted by atomic mass is 10.1. The van der Waals surface area contributed by atoms with Gasteiger partial charge < -0.3 is 10.8 Å². The maximum absolute atomic E-state index is 12.1. The number of nitrogens with zero attached hydrogens (tertiary/aromatic N) is 1. The van der Waals surface area contributed by atoms with Gasteiger partial charge in [0.05, 0.1) is 0 Å². The van der Waals surface area contributed by atoms with Gasteiger partial charge in [-0.05, 0) is 26.2 Å². The number of primary amides is 1. The largest absolute Gasteiger partial charge is 0.480 e. The molecule has 8 nitrogen and oxygen atoms in total. The van der Waals surface area contributed by atoms with Gasteiger partial charge in [0.15, 0.2) is 0 Å². The fraction of sp³-hybridized carbons (Fsp3) is 0.800. The SMILES string of the molecule is CC(CC(N)=O)NS(=O)(=O)N1CCCCC1C(=O)O. The number of carbonyl (C=O) groups excluding carboxylic acids is 1. The van der Waals surface area contributed by atoms with Gasteiger partial charge in [-0.25, -0.2) is 0 Å². The summed E-state index contributed by atoms with van der Waals surface area (Å²) in [7, 11) is -3.93. The smallest absolute Gasteiger partial charge is 0.322 e. The Morgan fingerprint density at radius 2 is 2.11 bits per heavy atom. The molecule has 0 spiro atoms. The minimum absolute atomic E-state index is 0.134. The summed E-state index contributed by atoms with van der Waals surface area (Å²) in [4.78, 5) is 21.8. The van der Waals surface area contributed by atoms with Crippen LogP contribution in [0.4, 0.5) is 0 Å². The maximum atomic E-state index is 12.1. The van der Waals surface area contributed by atoms with Crippen LogP contribution >= 0.6 is 0 Å². The zero-order chi connectivity index (χ0) is 14.6. The van der Waals surface area contributed by atoms with Crippen LogP contribution in [0.2, 0.25) is 0 Å². The maximum Gasteiger partial charge on any atom is 0.322 e. The number of amides is 1. The molecule has 1 heterocycles. The van der Waals surface area contributed by atoms with Gasteiger partial charge in [0, 0.05) is 19.0 Å². The highest BCUT2D eigenvalue weighted by atomic mass is 32.2. The van der Waals surface area contributed by atoms with Crippen LogP contribution in [0.1, 0.15) is 32.6 Å². The number of piperidine rings is 1. The number of hydrogen-bond acceptors (Lipinski definition) is 4. The molecule has 1 rings (SSSR count). The van der Waals surface area contributed by atoms with Crippen molar-refractivity contribution < 1.29 is 23.1 Å². The van der Waals surface area contributed by atoms with Crippen LogP contribution in [0.25, 0.3) is 0 Å². The molecule has 1 aliphatic heterocycles. The molecule has 0 saturated carbocycles. The normalized spacial score (nSPS) is 22.9. The number of nitrogens with two attached hydrogens (primary N) is 1. The first-order valence-electron chi connectivity index (χ1n) is 6.04. The Morgan fingerprint density at radius 1 is 1.47 bits per heavy atom. The van der Waals surface area contributed by atoms with Crippen LogP contribution in [0, 0.1) is 0 Å². The van der Waals surface area contributed by atoms with Gasteiger partial charge in [-0.1, -0.05) is 0 Å². The van der Waals surface area contributed by atoms with Crippen molar-refractivity contribution in [1.29, 1.82) is 0 Å². The van der Waals surface area contributed by atoms with Gasteiger partial charge in [0.25, 0.3) is 10.2 Å². The van der Waals surface area contributed by atoms with Crippen molar-refractivity contribution in [1.82, 2.24) is 9.03 Å². The van der Waals surface area contributed by atoms with Crippen molar-refractivity contribution in [2.75, 3.05) is 6.54 Å². The van der Waals surface area contributed by atoms with Crippen molar-refractivity contribution in [2.45, 2.75) is 44.7 Å². The van der Waals surface area contributed by atoms with E-state index >= 15 is 0 Å². The molecule has 1 aliphatic rings. The van der Waals surface area contributed by atoms with E-state index in [0.717, 1.165) is 4.31 Å². The lowest BCUT2D eigenvalue weighted by molar-refractivity contribution is -0.142. The van der Waals surface area contributed by atoms with Crippen molar-refractivity contribution in [3.05, 3.63) is 0 Å². The third-order valence-electron chi connectivity index (χ3n) is 2.90. The quantitative estimate of drug-likeness (QED) is 0.579. The Balaban J connectivity index is 2.79. The summed E-state index contributed by atoms with van der Waals surface area (Å²) < 4.78 is 27.4. The molecule has 0 aromatic carbocycles. The summed E-state index contributed by atoms with van der Waals surface area (Å²) in [5, 5.41) is 9.04. The number of hydrogen-bond donors (Lipinski definition) is 3. The third kappa shape index (κ3) is 4.44. The van der Waals surface area contributed by atoms with Gasteiger partial charge in [0.2, 0.25) is 5.91 Å². The zero-order valence-electron chi connectivity index (χ0n) is 10.7. The summed E-state index contributed by atoms with van der Waals surface area (Å²) in [5.41, 5.74) is 4.98. The van der Waals surface area contributed by atoms with Crippen LogP contribution in [-0.2, 0) is 19.8 Å². The van der Waals surface area contributed by atoms with Crippen molar-refractivity contribution in [2.24, 2.45) is 5.73 Å². The highest BCUT2D eigenvalue weighted by molar-refractivity contribution is 7.87. The molecule has 9 heteroatoms. The molecule has 0 radical (unpaired) electrons. The first kappa shape index (κ1) is 15.9. The highest BCUT2D eigenvalue weighted by Crippen LogP contribution is 2.20. The average Bonchev–Trinajstić information content (AvgIpc) is 2.26. The predicted molar refractivity (Wildman–Crippen MR) is 67.3 cm³/mol. The summed E-state index contributed by atoms with van der Waals surface area (Å²) in [6.45, 7) is 1.66. The molecule has 1 saturated heterocycles. The van der Waals surface area contributed by atoms with E-state index in [1.54, 1.807) is 0 Å². The Hall–Kier alpha value is -1.19. The highest BCUT2D eigenvalue weighted by Gasteiger charge is 2.37. The van der Waals surface area contributed by atoms with Crippen molar-refractivity contribution >= 4 is 22.1 Å². The molecular formula is C10H19N3O5S. The second-order valence-electron chi connectivity index (χ2n) is 4.65. The second-order valence-corrected chi connectivity index (χ2v) is 6.31. The standard InChI is InChI=1S/C10H19N3O5S/c1-7(6-9(11)14)12-19(17,18)13-5-3-2-4-8(13)10(15)16/h7-8,12H,2-6H2,1H3,(H2,11,14)(H,15,16). The van der Waals surface area contributed by atoms with E-state index in [1.807, 2.05) is 0 Å². The lowest BCUT2D eigenvalue weighted by Crippen LogP contribution is -2.54. The Bertz CT molecular complexity index is 450. The van der Waals surface area contributed by atoms with Gasteiger partial charge in [-0.15, -0.1) is 0 Å². The van der Waals surface area contributed by atoms with Gasteiger partial charge in [0.1, 0.15) is 6.04 Å². The summed E-state index contributed by atoms with van der Waals surface area (Å²) in [6.07, 6.45) is 1.46. The number of carboxylic acid groups (broad SMARTS) is 1. The second kappa shape index (κ2) is 6.31. The summed E-state index contributed by atoms with van der Waals surface area (Å²) in [5.74, 6) is -1.78. The fourth-order valence-electron chi connectivity index (χ4n) is 2.10. The van der Waals surface area contributed by atoms with E-state index in [-0.39, 0.29) is 13.0 Å². The average molecular weight is 293 g/mol. The topological polar surface area (TPSA) is 130 Å². The minimum atomic E-state index is -3.93. The molecule has 2 atom stereocenters. The number of carbonyl (C=O) groups is 2. The van der Waals surface area contributed by atoms with Crippen molar-refractivity contribution in [3.63, 3.8) is 0 Å². The molecule has 110 valence electrons. The zero-order valence-corrected chi connectivity index (χ0v) is 11.5. The van der Waals surface area contributed by atoms with Gasteiger partial charge >= 0.3 is 5.97 Å². The number of nitrogens with one attached hydrogen (secondary N) is 1. The van der Waals surface area contributed by atoms with E-state index in [1.165, 1.54) is 6.92 Å². The molecular weight excluding hydrogens is 274 g/mol. The van der Waals surface area contributed by atoms with Crippen LogP contribution in [0.15, 0.2) is 0 Å². The molecule has 1 fully saturated rings. The molecule has 0 bridgehead atoms. The van der Waals surface area contributed by atoms with Crippen LogP contribution in [0.5, 0.6) is 0 Å². The van der Waals surface area contributed by atoms with Gasteiger partial charge in [-0.3, -0.25) is 9.59 Å². The molecule has 1 amide bonds. The van der Waals surface area contributed by atoms with Crippen LogP contribution in [-0.4, -0.2) is 48.3 Å².